The van der Waals surface area contributed by atoms with Crippen LogP contribution >= 0.6 is 0 Å². The maximum atomic E-state index is 13.6. The summed E-state index contributed by atoms with van der Waals surface area (Å²) in [5.41, 5.74) is 5.34. The van der Waals surface area contributed by atoms with Crippen molar-refractivity contribution in [1.29, 1.82) is 0 Å². The molecule has 19 heavy (non-hydrogen) atoms. The van der Waals surface area contributed by atoms with Gasteiger partial charge in [-0.1, -0.05) is 6.07 Å². The largest absolute Gasteiger partial charge is 0.398 e. The van der Waals surface area contributed by atoms with Gasteiger partial charge in [-0.15, -0.1) is 0 Å². The first-order chi connectivity index (χ1) is 8.80. The van der Waals surface area contributed by atoms with Gasteiger partial charge in [0, 0.05) is 27.1 Å². The highest BCUT2D eigenvalue weighted by molar-refractivity contribution is 7.89. The predicted octanol–water partition coefficient (Wildman–Crippen LogP) is 0.165. The fourth-order valence-electron chi connectivity index (χ4n) is 1.46. The van der Waals surface area contributed by atoms with E-state index in [2.05, 4.69) is 5.32 Å². The third kappa shape index (κ3) is 3.42. The van der Waals surface area contributed by atoms with Gasteiger partial charge in [0.05, 0.1) is 5.69 Å². The second-order valence-electron chi connectivity index (χ2n) is 3.91. The number of nitrogens with zero attached hydrogens (tertiary/aromatic N) is 1. The standard InChI is InChI=1S/C11H16FN3O3S/c1-14-10(16)6-7-15(2)19(17,18)11-8(12)4-3-5-9(11)13/h3-5H,6-7,13H2,1-2H3,(H,14,16). The number of rotatable bonds is 5. The molecule has 3 N–H and O–H groups in total. The molecule has 0 bridgehead atoms. The number of sulfonamides is 1. The van der Waals surface area contributed by atoms with Gasteiger partial charge in [0.2, 0.25) is 15.9 Å². The van der Waals surface area contributed by atoms with E-state index in [1.54, 1.807) is 0 Å². The lowest BCUT2D eigenvalue weighted by Gasteiger charge is -2.18. The molecule has 1 amide bonds. The zero-order valence-corrected chi connectivity index (χ0v) is 11.5. The van der Waals surface area contributed by atoms with Crippen LogP contribution in [0.3, 0.4) is 0 Å². The molecule has 0 saturated carbocycles. The molecule has 0 unspecified atom stereocenters. The average molecular weight is 289 g/mol. The molecule has 1 aromatic rings. The lowest BCUT2D eigenvalue weighted by atomic mass is 10.3. The first-order valence-electron chi connectivity index (χ1n) is 5.51. The fourth-order valence-corrected chi connectivity index (χ4v) is 2.78. The Morgan fingerprint density at radius 1 is 1.47 bits per heavy atom. The van der Waals surface area contributed by atoms with Crippen molar-refractivity contribution >= 4 is 21.6 Å². The normalized spacial score (nSPS) is 11.6. The van der Waals surface area contributed by atoms with Gasteiger partial charge in [-0.05, 0) is 12.1 Å². The quantitative estimate of drug-likeness (QED) is 0.755. The zero-order valence-electron chi connectivity index (χ0n) is 10.7. The Morgan fingerprint density at radius 3 is 2.63 bits per heavy atom. The number of carbonyl (C=O) groups excluding carboxylic acids is 1. The van der Waals surface area contributed by atoms with Crippen LogP contribution in [0.5, 0.6) is 0 Å². The second-order valence-corrected chi connectivity index (χ2v) is 5.89. The summed E-state index contributed by atoms with van der Waals surface area (Å²) in [6.07, 6.45) is -0.0133. The minimum Gasteiger partial charge on any atom is -0.398 e. The molecule has 1 rings (SSSR count). The van der Waals surface area contributed by atoms with Crippen molar-refractivity contribution in [2.45, 2.75) is 11.3 Å². The van der Waals surface area contributed by atoms with E-state index in [4.69, 9.17) is 5.73 Å². The SMILES string of the molecule is CNC(=O)CCN(C)S(=O)(=O)c1c(N)cccc1F. The predicted molar refractivity (Wildman–Crippen MR) is 69.3 cm³/mol. The van der Waals surface area contributed by atoms with E-state index >= 15 is 0 Å². The third-order valence-electron chi connectivity index (χ3n) is 2.60. The van der Waals surface area contributed by atoms with Crippen LogP contribution in [-0.4, -0.2) is 39.3 Å². The van der Waals surface area contributed by atoms with Gasteiger partial charge in [0.1, 0.15) is 10.7 Å². The summed E-state index contributed by atoms with van der Waals surface area (Å²) in [4.78, 5) is 10.5. The van der Waals surface area contributed by atoms with Crippen LogP contribution in [0.2, 0.25) is 0 Å². The van der Waals surface area contributed by atoms with Crippen LogP contribution in [0.25, 0.3) is 0 Å². The van der Waals surface area contributed by atoms with Crippen molar-refractivity contribution in [3.05, 3.63) is 24.0 Å². The number of benzene rings is 1. The van der Waals surface area contributed by atoms with Crippen molar-refractivity contribution in [2.75, 3.05) is 26.4 Å². The number of amides is 1. The van der Waals surface area contributed by atoms with Crippen molar-refractivity contribution < 1.29 is 17.6 Å². The van der Waals surface area contributed by atoms with Gasteiger partial charge < -0.3 is 11.1 Å². The van der Waals surface area contributed by atoms with Crippen LogP contribution in [0, 0.1) is 5.82 Å². The number of anilines is 1. The Hall–Kier alpha value is -1.67. The third-order valence-corrected chi connectivity index (χ3v) is 4.55. The van der Waals surface area contributed by atoms with Crippen LogP contribution in [0.4, 0.5) is 10.1 Å². The van der Waals surface area contributed by atoms with Crippen molar-refractivity contribution in [3.63, 3.8) is 0 Å². The molecule has 0 atom stereocenters. The minimum atomic E-state index is -4.05. The van der Waals surface area contributed by atoms with Crippen LogP contribution < -0.4 is 11.1 Å². The smallest absolute Gasteiger partial charge is 0.247 e. The molecule has 6 nitrogen and oxygen atoms in total. The van der Waals surface area contributed by atoms with Gasteiger partial charge in [-0.3, -0.25) is 4.79 Å². The van der Waals surface area contributed by atoms with E-state index in [9.17, 15) is 17.6 Å². The highest BCUT2D eigenvalue weighted by atomic mass is 32.2. The summed E-state index contributed by atoms with van der Waals surface area (Å²) < 4.78 is 38.8. The summed E-state index contributed by atoms with van der Waals surface area (Å²) in [7, 11) is -1.33. The van der Waals surface area contributed by atoms with E-state index in [0.717, 1.165) is 10.4 Å². The fraction of sp³-hybridized carbons (Fsp3) is 0.364. The molecule has 0 radical (unpaired) electrons. The number of hydrogen-bond donors (Lipinski definition) is 2. The molecular formula is C11H16FN3O3S. The number of nitrogen functional groups attached to an aromatic ring is 1. The molecular weight excluding hydrogens is 273 g/mol. The first-order valence-corrected chi connectivity index (χ1v) is 6.95. The van der Waals surface area contributed by atoms with Gasteiger partial charge in [0.25, 0.3) is 0 Å². The molecule has 0 aromatic heterocycles. The molecule has 0 aliphatic heterocycles. The maximum Gasteiger partial charge on any atom is 0.247 e. The Labute approximate surface area is 111 Å². The number of carbonyl (C=O) groups is 1. The Morgan fingerprint density at radius 2 is 2.11 bits per heavy atom. The topological polar surface area (TPSA) is 92.5 Å². The van der Waals surface area contributed by atoms with E-state index < -0.39 is 20.7 Å². The second kappa shape index (κ2) is 5.98. The Bertz CT molecular complexity index is 554. The van der Waals surface area contributed by atoms with Crippen LogP contribution in [0.15, 0.2) is 23.1 Å². The minimum absolute atomic E-state index is 0.0133. The molecule has 0 aliphatic carbocycles. The van der Waals surface area contributed by atoms with Crippen LogP contribution in [-0.2, 0) is 14.8 Å². The van der Waals surface area contributed by atoms with Gasteiger partial charge >= 0.3 is 0 Å². The Kier molecular flexibility index (Phi) is 4.84. The number of halogens is 1. The number of nitrogens with two attached hydrogens (primary N) is 1. The van der Waals surface area contributed by atoms with E-state index in [-0.39, 0.29) is 24.6 Å². The van der Waals surface area contributed by atoms with Gasteiger partial charge in [-0.2, -0.15) is 0 Å². The van der Waals surface area contributed by atoms with Crippen LogP contribution in [0.1, 0.15) is 6.42 Å². The molecule has 0 saturated heterocycles. The average Bonchev–Trinajstić information content (AvgIpc) is 2.34. The zero-order chi connectivity index (χ0) is 14.6. The highest BCUT2D eigenvalue weighted by Gasteiger charge is 2.27. The Balaban J connectivity index is 3.01. The van der Waals surface area contributed by atoms with E-state index in [0.29, 0.717) is 0 Å². The number of hydrogen-bond acceptors (Lipinski definition) is 4. The summed E-state index contributed by atoms with van der Waals surface area (Å²) in [6, 6.07) is 3.66. The summed E-state index contributed by atoms with van der Waals surface area (Å²) >= 11 is 0. The molecule has 0 spiro atoms. The molecule has 0 fully saturated rings. The summed E-state index contributed by atoms with van der Waals surface area (Å²) in [5, 5.41) is 2.38. The first kappa shape index (κ1) is 15.4. The summed E-state index contributed by atoms with van der Waals surface area (Å²) in [5.74, 6) is -1.21. The molecule has 1 aromatic carbocycles. The van der Waals surface area contributed by atoms with Gasteiger partial charge in [0.15, 0.2) is 0 Å². The maximum absolute atomic E-state index is 13.6. The monoisotopic (exact) mass is 289 g/mol. The molecule has 8 heteroatoms. The number of nitrogens with one attached hydrogen (secondary N) is 1. The van der Waals surface area contributed by atoms with Crippen molar-refractivity contribution in [2.24, 2.45) is 0 Å². The van der Waals surface area contributed by atoms with Crippen molar-refractivity contribution in [3.8, 4) is 0 Å². The lowest BCUT2D eigenvalue weighted by Crippen LogP contribution is -2.32. The van der Waals surface area contributed by atoms with E-state index in [1.807, 2.05) is 0 Å². The van der Waals surface area contributed by atoms with Gasteiger partial charge in [-0.25, -0.2) is 17.1 Å². The highest BCUT2D eigenvalue weighted by Crippen LogP contribution is 2.24. The molecule has 0 aliphatic rings. The molecule has 106 valence electrons. The summed E-state index contributed by atoms with van der Waals surface area (Å²) in [6.45, 7) is -0.0597. The lowest BCUT2D eigenvalue weighted by molar-refractivity contribution is -0.120. The van der Waals surface area contributed by atoms with Crippen molar-refractivity contribution in [1.82, 2.24) is 9.62 Å². The molecule has 0 heterocycles. The van der Waals surface area contributed by atoms with E-state index in [1.165, 1.54) is 26.2 Å².